The maximum Gasteiger partial charge on any atom is 0.243 e. The second kappa shape index (κ2) is 7.72. The van der Waals surface area contributed by atoms with Gasteiger partial charge in [-0.3, -0.25) is 4.90 Å². The largest absolute Gasteiger partial charge is 0.282 e. The van der Waals surface area contributed by atoms with E-state index in [0.717, 1.165) is 17.7 Å². The molecule has 3 rings (SSSR count). The second-order valence-electron chi connectivity index (χ2n) is 5.98. The summed E-state index contributed by atoms with van der Waals surface area (Å²) >= 11 is 6.00. The van der Waals surface area contributed by atoms with E-state index in [1.807, 2.05) is 11.0 Å². The molecule has 0 radical (unpaired) electrons. The molecule has 26 heavy (non-hydrogen) atoms. The van der Waals surface area contributed by atoms with Gasteiger partial charge in [0.05, 0.1) is 11.0 Å². The molecule has 1 aliphatic rings. The summed E-state index contributed by atoms with van der Waals surface area (Å²) in [6.07, 6.45) is 0. The quantitative estimate of drug-likeness (QED) is 0.800. The van der Waals surface area contributed by atoms with E-state index in [9.17, 15) is 18.1 Å². The van der Waals surface area contributed by atoms with E-state index in [2.05, 4.69) is 6.07 Å². The van der Waals surface area contributed by atoms with Gasteiger partial charge in [-0.05, 0) is 42.0 Å². The Balaban J connectivity index is 1.72. The zero-order valence-electron chi connectivity index (χ0n) is 13.8. The molecule has 0 aromatic heterocycles. The number of rotatable bonds is 4. The molecule has 5 nitrogen and oxygen atoms in total. The molecule has 8 heteroatoms. The molecule has 136 valence electrons. The van der Waals surface area contributed by atoms with E-state index >= 15 is 0 Å². The molecule has 0 aliphatic carbocycles. The minimum Gasteiger partial charge on any atom is -0.282 e. The molecule has 2 aromatic carbocycles. The highest BCUT2D eigenvalue weighted by Crippen LogP contribution is 2.26. The fourth-order valence-corrected chi connectivity index (χ4v) is 4.62. The van der Waals surface area contributed by atoms with Crippen molar-refractivity contribution in [1.82, 2.24) is 9.21 Å². The van der Waals surface area contributed by atoms with Gasteiger partial charge >= 0.3 is 0 Å². The van der Waals surface area contributed by atoms with Gasteiger partial charge in [-0.15, -0.1) is 0 Å². The molecule has 1 unspecified atom stereocenters. The maximum absolute atomic E-state index is 13.0. The van der Waals surface area contributed by atoms with Crippen LogP contribution in [0.25, 0.3) is 0 Å². The number of sulfonamides is 1. The molecule has 1 fully saturated rings. The predicted octanol–water partition coefficient (Wildman–Crippen LogP) is 3.05. The number of hydrogen-bond acceptors (Lipinski definition) is 4. The van der Waals surface area contributed by atoms with Crippen molar-refractivity contribution in [3.63, 3.8) is 0 Å². The smallest absolute Gasteiger partial charge is 0.243 e. The van der Waals surface area contributed by atoms with Gasteiger partial charge in [0.15, 0.2) is 0 Å². The lowest BCUT2D eigenvalue weighted by atomic mass is 10.1. The monoisotopic (exact) mass is 393 g/mol. The van der Waals surface area contributed by atoms with Crippen molar-refractivity contribution in [2.24, 2.45) is 0 Å². The second-order valence-corrected chi connectivity index (χ2v) is 8.35. The van der Waals surface area contributed by atoms with E-state index in [1.54, 1.807) is 18.2 Å². The Labute approximate surface area is 157 Å². The van der Waals surface area contributed by atoms with Gasteiger partial charge in [0.25, 0.3) is 0 Å². The summed E-state index contributed by atoms with van der Waals surface area (Å²) in [6, 6.07) is 13.7. The van der Waals surface area contributed by atoms with Crippen molar-refractivity contribution in [3.8, 4) is 6.07 Å². The van der Waals surface area contributed by atoms with Crippen LogP contribution >= 0.6 is 11.6 Å². The van der Waals surface area contributed by atoms with Crippen LogP contribution in [0.3, 0.4) is 0 Å². The van der Waals surface area contributed by atoms with Crippen LogP contribution in [0, 0.1) is 17.1 Å². The van der Waals surface area contributed by atoms with Crippen LogP contribution in [0.2, 0.25) is 5.02 Å². The maximum atomic E-state index is 13.0. The zero-order valence-corrected chi connectivity index (χ0v) is 15.4. The number of benzene rings is 2. The molecule has 0 bridgehead atoms. The molecule has 1 heterocycles. The minimum atomic E-state index is -3.67. The number of hydrogen-bond donors (Lipinski definition) is 0. The lowest BCUT2D eigenvalue weighted by Crippen LogP contribution is -2.49. The topological polar surface area (TPSA) is 64.4 Å². The Morgan fingerprint density at radius 2 is 1.73 bits per heavy atom. The van der Waals surface area contributed by atoms with E-state index in [-0.39, 0.29) is 18.0 Å². The lowest BCUT2D eigenvalue weighted by Gasteiger charge is -2.36. The van der Waals surface area contributed by atoms with Gasteiger partial charge in [0, 0.05) is 31.2 Å². The first-order chi connectivity index (χ1) is 12.4. The van der Waals surface area contributed by atoms with Crippen LogP contribution in [0.1, 0.15) is 11.6 Å². The Morgan fingerprint density at radius 3 is 2.31 bits per heavy atom. The van der Waals surface area contributed by atoms with Crippen LogP contribution in [0.15, 0.2) is 53.4 Å². The third-order valence-corrected chi connectivity index (χ3v) is 6.52. The summed E-state index contributed by atoms with van der Waals surface area (Å²) in [6.45, 7) is 1.37. The van der Waals surface area contributed by atoms with Crippen LogP contribution in [-0.2, 0) is 10.0 Å². The fraction of sp³-hybridized carbons (Fsp3) is 0.278. The summed E-state index contributed by atoms with van der Waals surface area (Å²) in [5.41, 5.74) is 0.787. The molecular weight excluding hydrogens is 377 g/mol. The molecule has 1 aliphatic heterocycles. The lowest BCUT2D eigenvalue weighted by molar-refractivity contribution is 0.162. The van der Waals surface area contributed by atoms with Crippen molar-refractivity contribution < 1.29 is 12.8 Å². The highest BCUT2D eigenvalue weighted by molar-refractivity contribution is 7.89. The van der Waals surface area contributed by atoms with E-state index in [1.165, 1.54) is 16.4 Å². The average molecular weight is 394 g/mol. The van der Waals surface area contributed by atoms with Crippen LogP contribution in [0.4, 0.5) is 4.39 Å². The molecule has 0 spiro atoms. The molecule has 0 amide bonds. The SMILES string of the molecule is N#CC(c1cccc(Cl)c1)N1CCN(S(=O)(=O)c2ccc(F)cc2)CC1. The molecule has 0 N–H and O–H groups in total. The minimum absolute atomic E-state index is 0.0685. The first kappa shape index (κ1) is 18.8. The van der Waals surface area contributed by atoms with E-state index in [0.29, 0.717) is 18.1 Å². The Morgan fingerprint density at radius 1 is 1.08 bits per heavy atom. The third-order valence-electron chi connectivity index (χ3n) is 4.38. The average Bonchev–Trinajstić information content (AvgIpc) is 2.63. The first-order valence-electron chi connectivity index (χ1n) is 8.06. The standard InChI is InChI=1S/C18H17ClFN3O2S/c19-15-3-1-2-14(12-15)18(13-21)22-8-10-23(11-9-22)26(24,25)17-6-4-16(20)5-7-17/h1-7,12,18H,8-11H2. The molecule has 1 atom stereocenters. The fourth-order valence-electron chi connectivity index (χ4n) is 3.00. The predicted molar refractivity (Wildman–Crippen MR) is 96.5 cm³/mol. The van der Waals surface area contributed by atoms with Crippen molar-refractivity contribution in [3.05, 3.63) is 64.9 Å². The van der Waals surface area contributed by atoms with Gasteiger partial charge in [-0.1, -0.05) is 23.7 Å². The number of nitriles is 1. The van der Waals surface area contributed by atoms with Crippen LogP contribution < -0.4 is 0 Å². The van der Waals surface area contributed by atoms with Gasteiger partial charge in [0.1, 0.15) is 11.9 Å². The van der Waals surface area contributed by atoms with E-state index in [4.69, 9.17) is 11.6 Å². The molecular formula is C18H17ClFN3O2S. The van der Waals surface area contributed by atoms with Gasteiger partial charge in [-0.25, -0.2) is 12.8 Å². The zero-order chi connectivity index (χ0) is 18.7. The Hall–Kier alpha value is -1.98. The summed E-state index contributed by atoms with van der Waals surface area (Å²) in [5, 5.41) is 10.1. The summed E-state index contributed by atoms with van der Waals surface area (Å²) < 4.78 is 39.7. The summed E-state index contributed by atoms with van der Waals surface area (Å²) in [7, 11) is -3.67. The van der Waals surface area contributed by atoms with Crippen LogP contribution in [-0.4, -0.2) is 43.8 Å². The van der Waals surface area contributed by atoms with Crippen molar-refractivity contribution in [1.29, 1.82) is 5.26 Å². The van der Waals surface area contributed by atoms with E-state index < -0.39 is 21.9 Å². The molecule has 2 aromatic rings. The van der Waals surface area contributed by atoms with Crippen molar-refractivity contribution in [2.45, 2.75) is 10.9 Å². The highest BCUT2D eigenvalue weighted by Gasteiger charge is 2.31. The van der Waals surface area contributed by atoms with Crippen molar-refractivity contribution in [2.75, 3.05) is 26.2 Å². The summed E-state index contributed by atoms with van der Waals surface area (Å²) in [4.78, 5) is 2.00. The highest BCUT2D eigenvalue weighted by atomic mass is 35.5. The van der Waals surface area contributed by atoms with Gasteiger partial charge < -0.3 is 0 Å². The van der Waals surface area contributed by atoms with Crippen LogP contribution in [0.5, 0.6) is 0 Å². The number of piperazine rings is 1. The third kappa shape index (κ3) is 3.89. The Kier molecular flexibility index (Phi) is 5.58. The first-order valence-corrected chi connectivity index (χ1v) is 9.88. The number of halogens is 2. The summed E-state index contributed by atoms with van der Waals surface area (Å²) in [5.74, 6) is -0.479. The molecule has 0 saturated carbocycles. The number of nitrogens with zero attached hydrogens (tertiary/aromatic N) is 3. The Bertz CT molecular complexity index is 920. The van der Waals surface area contributed by atoms with Crippen molar-refractivity contribution >= 4 is 21.6 Å². The van der Waals surface area contributed by atoms with Gasteiger partial charge in [0.2, 0.25) is 10.0 Å². The normalized spacial score (nSPS) is 17.6. The van der Waals surface area contributed by atoms with Gasteiger partial charge in [-0.2, -0.15) is 9.57 Å². The molecule has 1 saturated heterocycles.